The largest absolute Gasteiger partial charge is 0.482 e. The predicted octanol–water partition coefficient (Wildman–Crippen LogP) is 2.78. The van der Waals surface area contributed by atoms with Crippen molar-refractivity contribution in [1.82, 2.24) is 4.90 Å². The second-order valence-corrected chi connectivity index (χ2v) is 6.99. The first-order valence-corrected chi connectivity index (χ1v) is 9.27. The SMILES string of the molecule is Cc1ccc(NC(=O)CN(C)C(=O)COC(=O)COc2cccc(Br)c2)cc1. The Labute approximate surface area is 171 Å². The number of ether oxygens (including phenoxy) is 2. The molecular formula is C20H21BrN2O5. The Balaban J connectivity index is 1.70. The number of hydrogen-bond acceptors (Lipinski definition) is 5. The minimum Gasteiger partial charge on any atom is -0.482 e. The van der Waals surface area contributed by atoms with E-state index in [0.717, 1.165) is 10.0 Å². The Hall–Kier alpha value is -2.87. The van der Waals surface area contributed by atoms with Gasteiger partial charge in [-0.05, 0) is 37.3 Å². The maximum absolute atomic E-state index is 12.0. The second kappa shape index (κ2) is 10.5. The van der Waals surface area contributed by atoms with Crippen molar-refractivity contribution in [1.29, 1.82) is 0 Å². The molecule has 0 fully saturated rings. The maximum Gasteiger partial charge on any atom is 0.344 e. The summed E-state index contributed by atoms with van der Waals surface area (Å²) < 4.78 is 11.0. The van der Waals surface area contributed by atoms with Gasteiger partial charge in [0.1, 0.15) is 5.75 Å². The molecule has 8 heteroatoms. The average molecular weight is 449 g/mol. The summed E-state index contributed by atoms with van der Waals surface area (Å²) in [6.45, 7) is 1.01. The summed E-state index contributed by atoms with van der Waals surface area (Å²) in [5.74, 6) is -1.01. The molecule has 0 spiro atoms. The van der Waals surface area contributed by atoms with E-state index in [1.165, 1.54) is 11.9 Å². The van der Waals surface area contributed by atoms with E-state index in [2.05, 4.69) is 21.2 Å². The molecule has 0 heterocycles. The molecule has 2 aromatic carbocycles. The monoisotopic (exact) mass is 448 g/mol. The molecular weight excluding hydrogens is 428 g/mol. The van der Waals surface area contributed by atoms with Crippen LogP contribution in [0.3, 0.4) is 0 Å². The normalized spacial score (nSPS) is 10.1. The van der Waals surface area contributed by atoms with Crippen molar-refractivity contribution in [2.24, 2.45) is 0 Å². The number of anilines is 1. The van der Waals surface area contributed by atoms with Crippen LogP contribution in [-0.4, -0.2) is 49.5 Å². The molecule has 2 aromatic rings. The summed E-state index contributed by atoms with van der Waals surface area (Å²) in [4.78, 5) is 36.9. The Morgan fingerprint density at radius 1 is 1.07 bits per heavy atom. The summed E-state index contributed by atoms with van der Waals surface area (Å²) in [6.07, 6.45) is 0. The molecule has 2 rings (SSSR count). The van der Waals surface area contributed by atoms with Crippen LogP contribution in [0, 0.1) is 6.92 Å². The zero-order valence-electron chi connectivity index (χ0n) is 15.6. The third-order valence-electron chi connectivity index (χ3n) is 3.65. The predicted molar refractivity (Wildman–Crippen MR) is 108 cm³/mol. The van der Waals surface area contributed by atoms with E-state index in [4.69, 9.17) is 9.47 Å². The van der Waals surface area contributed by atoms with Crippen LogP contribution in [0.5, 0.6) is 5.75 Å². The number of nitrogens with zero attached hydrogens (tertiary/aromatic N) is 1. The minimum atomic E-state index is -0.675. The fraction of sp³-hybridized carbons (Fsp3) is 0.250. The number of likely N-dealkylation sites (N-methyl/N-ethyl adjacent to an activating group) is 1. The number of nitrogens with one attached hydrogen (secondary N) is 1. The van der Waals surface area contributed by atoms with Gasteiger partial charge >= 0.3 is 5.97 Å². The fourth-order valence-corrected chi connectivity index (χ4v) is 2.51. The van der Waals surface area contributed by atoms with Crippen LogP contribution in [0.15, 0.2) is 53.0 Å². The van der Waals surface area contributed by atoms with Crippen LogP contribution in [0.2, 0.25) is 0 Å². The second-order valence-electron chi connectivity index (χ2n) is 6.07. The number of carbonyl (C=O) groups is 3. The van der Waals surface area contributed by atoms with Gasteiger partial charge < -0.3 is 19.7 Å². The summed E-state index contributed by atoms with van der Waals surface area (Å²) >= 11 is 3.30. The first kappa shape index (κ1) is 21.4. The Bertz CT molecular complexity index is 839. The van der Waals surface area contributed by atoms with Crippen molar-refractivity contribution in [3.05, 3.63) is 58.6 Å². The third-order valence-corrected chi connectivity index (χ3v) is 4.14. The summed E-state index contributed by atoms with van der Waals surface area (Å²) in [5.41, 5.74) is 1.73. The van der Waals surface area contributed by atoms with Crippen LogP contribution in [0.4, 0.5) is 5.69 Å². The molecule has 0 aliphatic rings. The number of esters is 1. The Morgan fingerprint density at radius 2 is 1.79 bits per heavy atom. The van der Waals surface area contributed by atoms with Crippen molar-refractivity contribution in [2.75, 3.05) is 32.1 Å². The summed E-state index contributed by atoms with van der Waals surface area (Å²) in [7, 11) is 1.46. The molecule has 1 N–H and O–H groups in total. The van der Waals surface area contributed by atoms with Gasteiger partial charge in [0.25, 0.3) is 5.91 Å². The number of rotatable bonds is 8. The highest BCUT2D eigenvalue weighted by Gasteiger charge is 2.15. The smallest absolute Gasteiger partial charge is 0.344 e. The molecule has 0 aliphatic heterocycles. The van der Waals surface area contributed by atoms with Gasteiger partial charge in [0, 0.05) is 17.2 Å². The van der Waals surface area contributed by atoms with Gasteiger partial charge in [0.2, 0.25) is 5.91 Å². The van der Waals surface area contributed by atoms with Crippen molar-refractivity contribution >= 4 is 39.4 Å². The van der Waals surface area contributed by atoms with Gasteiger partial charge in [0.15, 0.2) is 13.2 Å². The van der Waals surface area contributed by atoms with E-state index < -0.39 is 18.5 Å². The maximum atomic E-state index is 12.0. The van der Waals surface area contributed by atoms with E-state index in [1.807, 2.05) is 25.1 Å². The highest BCUT2D eigenvalue weighted by molar-refractivity contribution is 9.10. The minimum absolute atomic E-state index is 0.154. The molecule has 0 saturated carbocycles. The van der Waals surface area contributed by atoms with Gasteiger partial charge in [-0.2, -0.15) is 0 Å². The molecule has 0 bridgehead atoms. The fourth-order valence-electron chi connectivity index (χ4n) is 2.13. The molecule has 0 radical (unpaired) electrons. The van der Waals surface area contributed by atoms with Crippen LogP contribution < -0.4 is 10.1 Å². The zero-order chi connectivity index (χ0) is 20.5. The van der Waals surface area contributed by atoms with Crippen molar-refractivity contribution < 1.29 is 23.9 Å². The molecule has 2 amide bonds. The van der Waals surface area contributed by atoms with Crippen LogP contribution in [0.25, 0.3) is 0 Å². The lowest BCUT2D eigenvalue weighted by atomic mass is 10.2. The summed E-state index contributed by atoms with van der Waals surface area (Å²) in [6, 6.07) is 14.3. The standard InChI is InChI=1S/C20H21BrN2O5/c1-14-6-8-16(9-7-14)22-18(24)11-23(2)19(25)12-28-20(26)13-27-17-5-3-4-15(21)10-17/h3-10H,11-13H2,1-2H3,(H,22,24). The van der Waals surface area contributed by atoms with Crippen molar-refractivity contribution in [3.63, 3.8) is 0 Å². The zero-order valence-corrected chi connectivity index (χ0v) is 17.2. The molecule has 148 valence electrons. The number of carbonyl (C=O) groups excluding carboxylic acids is 3. The molecule has 28 heavy (non-hydrogen) atoms. The highest BCUT2D eigenvalue weighted by Crippen LogP contribution is 2.17. The van der Waals surface area contributed by atoms with Crippen LogP contribution >= 0.6 is 15.9 Å². The first-order chi connectivity index (χ1) is 13.3. The quantitative estimate of drug-likeness (QED) is 0.627. The molecule has 0 aliphatic carbocycles. The molecule has 0 atom stereocenters. The van der Waals surface area contributed by atoms with Gasteiger partial charge in [-0.1, -0.05) is 39.7 Å². The van der Waals surface area contributed by atoms with Gasteiger partial charge in [-0.25, -0.2) is 4.79 Å². The number of hydrogen-bond donors (Lipinski definition) is 1. The Kier molecular flexibility index (Phi) is 8.01. The van der Waals surface area contributed by atoms with Crippen LogP contribution in [0.1, 0.15) is 5.56 Å². The van der Waals surface area contributed by atoms with Gasteiger partial charge in [-0.15, -0.1) is 0 Å². The molecule has 7 nitrogen and oxygen atoms in total. The summed E-state index contributed by atoms with van der Waals surface area (Å²) in [5, 5.41) is 2.70. The van der Waals surface area contributed by atoms with Gasteiger partial charge in [0.05, 0.1) is 6.54 Å². The topological polar surface area (TPSA) is 84.9 Å². The first-order valence-electron chi connectivity index (χ1n) is 8.48. The molecule has 0 aromatic heterocycles. The Morgan fingerprint density at radius 3 is 2.46 bits per heavy atom. The van der Waals surface area contributed by atoms with E-state index in [1.54, 1.807) is 30.3 Å². The van der Waals surface area contributed by atoms with Crippen molar-refractivity contribution in [3.8, 4) is 5.75 Å². The van der Waals surface area contributed by atoms with Gasteiger partial charge in [-0.3, -0.25) is 9.59 Å². The van der Waals surface area contributed by atoms with E-state index in [0.29, 0.717) is 11.4 Å². The number of aryl methyl sites for hydroxylation is 1. The number of benzene rings is 2. The average Bonchev–Trinajstić information content (AvgIpc) is 2.66. The van der Waals surface area contributed by atoms with Crippen LogP contribution in [-0.2, 0) is 19.1 Å². The molecule has 0 saturated heterocycles. The van der Waals surface area contributed by atoms with E-state index in [-0.39, 0.29) is 19.1 Å². The lowest BCUT2D eigenvalue weighted by Crippen LogP contribution is -2.37. The van der Waals surface area contributed by atoms with E-state index >= 15 is 0 Å². The van der Waals surface area contributed by atoms with Crippen molar-refractivity contribution in [2.45, 2.75) is 6.92 Å². The lowest BCUT2D eigenvalue weighted by Gasteiger charge is -2.17. The molecule has 0 unspecified atom stereocenters. The number of amides is 2. The highest BCUT2D eigenvalue weighted by atomic mass is 79.9. The van der Waals surface area contributed by atoms with E-state index in [9.17, 15) is 14.4 Å². The number of halogens is 1. The lowest BCUT2D eigenvalue weighted by molar-refractivity contribution is -0.153. The third kappa shape index (κ3) is 7.40.